The van der Waals surface area contributed by atoms with Gasteiger partial charge in [-0.1, -0.05) is 13.8 Å². The summed E-state index contributed by atoms with van der Waals surface area (Å²) in [5.74, 6) is 1.54. The van der Waals surface area contributed by atoms with Gasteiger partial charge in [0, 0.05) is 18.3 Å². The molecule has 0 aliphatic rings. The summed E-state index contributed by atoms with van der Waals surface area (Å²) in [7, 11) is 0. The first-order valence-electron chi connectivity index (χ1n) is 4.60. The monoisotopic (exact) mass is 301 g/mol. The predicted molar refractivity (Wildman–Crippen MR) is 64.5 cm³/mol. The average molecular weight is 301 g/mol. The molecule has 2 aromatic rings. The van der Waals surface area contributed by atoms with Gasteiger partial charge >= 0.3 is 0 Å². The minimum atomic E-state index is 0.438. The van der Waals surface area contributed by atoms with Gasteiger partial charge in [0.05, 0.1) is 5.69 Å². The zero-order valence-electron chi connectivity index (χ0n) is 8.45. The number of aromatic nitrogens is 3. The molecule has 3 nitrogen and oxygen atoms in total. The van der Waals surface area contributed by atoms with Crippen LogP contribution in [0.2, 0.25) is 0 Å². The maximum Gasteiger partial charge on any atom is 0.129 e. The smallest absolute Gasteiger partial charge is 0.129 e. The number of rotatable bonds is 1. The Labute approximate surface area is 96.7 Å². The van der Waals surface area contributed by atoms with Crippen LogP contribution in [-0.2, 0) is 0 Å². The van der Waals surface area contributed by atoms with Gasteiger partial charge < -0.3 is 0 Å². The molecule has 0 fully saturated rings. The van der Waals surface area contributed by atoms with E-state index < -0.39 is 0 Å². The van der Waals surface area contributed by atoms with Crippen molar-refractivity contribution in [2.75, 3.05) is 0 Å². The Kier molecular flexibility index (Phi) is 2.47. The van der Waals surface area contributed by atoms with E-state index in [0.29, 0.717) is 5.92 Å². The zero-order valence-corrected chi connectivity index (χ0v) is 10.6. The molecule has 0 aromatic carbocycles. The van der Waals surface area contributed by atoms with Crippen LogP contribution < -0.4 is 0 Å². The number of aryl methyl sites for hydroxylation is 1. The van der Waals surface area contributed by atoms with Crippen molar-refractivity contribution in [3.05, 3.63) is 27.6 Å². The van der Waals surface area contributed by atoms with E-state index >= 15 is 0 Å². The summed E-state index contributed by atoms with van der Waals surface area (Å²) >= 11 is 2.27. The van der Waals surface area contributed by atoms with Crippen molar-refractivity contribution < 1.29 is 0 Å². The number of fused-ring (bicyclic) bond motifs is 1. The van der Waals surface area contributed by atoms with Crippen LogP contribution in [0, 0.1) is 10.6 Å². The Hall–Kier alpha value is -0.650. The molecule has 0 aliphatic heterocycles. The van der Waals surface area contributed by atoms with Gasteiger partial charge in [-0.3, -0.25) is 9.38 Å². The van der Waals surface area contributed by atoms with Crippen molar-refractivity contribution >= 4 is 28.1 Å². The van der Waals surface area contributed by atoms with Crippen molar-refractivity contribution in [1.82, 2.24) is 14.4 Å². The van der Waals surface area contributed by atoms with Gasteiger partial charge in [-0.25, -0.2) is 4.98 Å². The first kappa shape index (κ1) is 9.89. The third kappa shape index (κ3) is 1.41. The lowest BCUT2D eigenvalue weighted by atomic mass is 10.2. The van der Waals surface area contributed by atoms with E-state index in [1.54, 1.807) is 0 Å². The lowest BCUT2D eigenvalue weighted by Crippen LogP contribution is -1.97. The zero-order chi connectivity index (χ0) is 10.3. The van der Waals surface area contributed by atoms with Gasteiger partial charge in [0.2, 0.25) is 0 Å². The van der Waals surface area contributed by atoms with Crippen molar-refractivity contribution in [3.8, 4) is 0 Å². The molecule has 2 heterocycles. The highest BCUT2D eigenvalue weighted by Crippen LogP contribution is 2.21. The van der Waals surface area contributed by atoms with Gasteiger partial charge in [-0.05, 0) is 29.5 Å². The van der Waals surface area contributed by atoms with Gasteiger partial charge in [0.1, 0.15) is 15.0 Å². The third-order valence-electron chi connectivity index (χ3n) is 2.24. The van der Waals surface area contributed by atoms with E-state index in [1.807, 2.05) is 19.3 Å². The number of imidazole rings is 1. The minimum absolute atomic E-state index is 0.438. The fraction of sp³-hybridized carbons (Fsp3) is 0.400. The highest BCUT2D eigenvalue weighted by Gasteiger charge is 2.13. The molecule has 2 aromatic heterocycles. The van der Waals surface area contributed by atoms with Gasteiger partial charge in [-0.15, -0.1) is 0 Å². The highest BCUT2D eigenvalue weighted by atomic mass is 127. The molecule has 0 radical (unpaired) electrons. The van der Waals surface area contributed by atoms with E-state index in [9.17, 15) is 0 Å². The molecule has 74 valence electrons. The fourth-order valence-corrected chi connectivity index (χ4v) is 2.47. The summed E-state index contributed by atoms with van der Waals surface area (Å²) in [4.78, 5) is 8.83. The first-order chi connectivity index (χ1) is 6.61. The van der Waals surface area contributed by atoms with E-state index in [0.717, 1.165) is 20.7 Å². The molecule has 2 rings (SSSR count). The molecular weight excluding hydrogens is 289 g/mol. The minimum Gasteiger partial charge on any atom is -0.299 e. The highest BCUT2D eigenvalue weighted by molar-refractivity contribution is 14.1. The van der Waals surface area contributed by atoms with Crippen LogP contribution in [-0.4, -0.2) is 14.4 Å². The number of nitrogens with zero attached hydrogens (tertiary/aromatic N) is 3. The van der Waals surface area contributed by atoms with Crippen LogP contribution in [0.5, 0.6) is 0 Å². The summed E-state index contributed by atoms with van der Waals surface area (Å²) in [6.45, 7) is 6.32. The van der Waals surface area contributed by atoms with Crippen LogP contribution in [0.4, 0.5) is 0 Å². The van der Waals surface area contributed by atoms with E-state index in [1.165, 1.54) is 0 Å². The molecule has 0 N–H and O–H groups in total. The summed E-state index contributed by atoms with van der Waals surface area (Å²) in [6.07, 6.45) is 3.80. The predicted octanol–water partition coefficient (Wildman–Crippen LogP) is 2.77. The largest absolute Gasteiger partial charge is 0.299 e. The number of hydrogen-bond acceptors (Lipinski definition) is 2. The second kappa shape index (κ2) is 3.49. The Bertz CT molecular complexity index is 473. The molecule has 14 heavy (non-hydrogen) atoms. The summed E-state index contributed by atoms with van der Waals surface area (Å²) in [6, 6.07) is 0. The van der Waals surface area contributed by atoms with Crippen LogP contribution >= 0.6 is 22.6 Å². The van der Waals surface area contributed by atoms with Crippen molar-refractivity contribution in [2.45, 2.75) is 26.7 Å². The van der Waals surface area contributed by atoms with Gasteiger partial charge in [0.25, 0.3) is 0 Å². The number of hydrogen-bond donors (Lipinski definition) is 0. The lowest BCUT2D eigenvalue weighted by molar-refractivity contribution is 0.766. The maximum absolute atomic E-state index is 4.56. The van der Waals surface area contributed by atoms with Crippen molar-refractivity contribution in [3.63, 3.8) is 0 Å². The standard InChI is InChI=1S/C10H12IN3/c1-6(2)10-13-9(11)8-7(3)12-4-5-14(8)10/h4-6H,1-3H3. The molecule has 0 saturated heterocycles. The molecular formula is C10H12IN3. The second-order valence-corrected chi connectivity index (χ2v) is 4.67. The second-order valence-electron chi connectivity index (χ2n) is 3.65. The summed E-state index contributed by atoms with van der Waals surface area (Å²) in [5, 5.41) is 0. The molecule has 0 unspecified atom stereocenters. The van der Waals surface area contributed by atoms with E-state index in [4.69, 9.17) is 0 Å². The molecule has 0 aliphatic carbocycles. The van der Waals surface area contributed by atoms with Crippen LogP contribution in [0.3, 0.4) is 0 Å². The molecule has 4 heteroatoms. The number of halogens is 1. The van der Waals surface area contributed by atoms with Crippen LogP contribution in [0.1, 0.15) is 31.3 Å². The Balaban J connectivity index is 2.84. The lowest BCUT2D eigenvalue weighted by Gasteiger charge is -2.03. The third-order valence-corrected chi connectivity index (χ3v) is 2.99. The quantitative estimate of drug-likeness (QED) is 0.758. The molecule has 0 atom stereocenters. The molecule has 0 amide bonds. The Morgan fingerprint density at radius 2 is 2.14 bits per heavy atom. The van der Waals surface area contributed by atoms with Crippen LogP contribution in [0.25, 0.3) is 5.52 Å². The molecule has 0 saturated carbocycles. The van der Waals surface area contributed by atoms with Crippen molar-refractivity contribution in [1.29, 1.82) is 0 Å². The summed E-state index contributed by atoms with van der Waals surface area (Å²) in [5.41, 5.74) is 2.17. The molecule has 0 spiro atoms. The summed E-state index contributed by atoms with van der Waals surface area (Å²) < 4.78 is 3.17. The Morgan fingerprint density at radius 1 is 1.43 bits per heavy atom. The Morgan fingerprint density at radius 3 is 2.79 bits per heavy atom. The normalized spacial score (nSPS) is 11.5. The van der Waals surface area contributed by atoms with Gasteiger partial charge in [-0.2, -0.15) is 0 Å². The SMILES string of the molecule is Cc1nccn2c(C(C)C)nc(I)c12. The van der Waals surface area contributed by atoms with Crippen molar-refractivity contribution in [2.24, 2.45) is 0 Å². The fourth-order valence-electron chi connectivity index (χ4n) is 1.58. The van der Waals surface area contributed by atoms with Crippen LogP contribution in [0.15, 0.2) is 12.4 Å². The van der Waals surface area contributed by atoms with E-state index in [2.05, 4.69) is 50.8 Å². The van der Waals surface area contributed by atoms with E-state index in [-0.39, 0.29) is 0 Å². The van der Waals surface area contributed by atoms with Gasteiger partial charge in [0.15, 0.2) is 0 Å². The topological polar surface area (TPSA) is 30.2 Å². The first-order valence-corrected chi connectivity index (χ1v) is 5.68. The average Bonchev–Trinajstić information content (AvgIpc) is 2.45. The molecule has 0 bridgehead atoms. The maximum atomic E-state index is 4.56.